The maximum Gasteiger partial charge on any atom is 0.294 e. The SMILES string of the molecule is Nc1cc2c3c(cc(N)cc3c1)C(=O)N(c1ccc(S(=O)(=O)O)cc1)C2=O. The van der Waals surface area contributed by atoms with E-state index in [-0.39, 0.29) is 21.7 Å². The first kappa shape index (κ1) is 17.0. The lowest BCUT2D eigenvalue weighted by Gasteiger charge is -2.27. The van der Waals surface area contributed by atoms with E-state index in [1.54, 1.807) is 12.1 Å². The van der Waals surface area contributed by atoms with Gasteiger partial charge in [0.25, 0.3) is 21.9 Å². The standard InChI is InChI=1S/C18H13N3O5S/c19-10-5-9-6-11(20)8-15-16(9)14(7-10)17(22)21(18(15)23)12-1-3-13(4-2-12)27(24,25)26/h1-8H,19-20H2,(H,24,25,26). The van der Waals surface area contributed by atoms with Crippen LogP contribution in [0, 0.1) is 0 Å². The third-order valence-corrected chi connectivity index (χ3v) is 5.22. The average Bonchev–Trinajstić information content (AvgIpc) is 2.58. The molecule has 0 fully saturated rings. The Bertz CT molecular complexity index is 1190. The summed E-state index contributed by atoms with van der Waals surface area (Å²) in [5.41, 5.74) is 13.1. The van der Waals surface area contributed by atoms with E-state index in [4.69, 9.17) is 16.0 Å². The number of hydrogen-bond acceptors (Lipinski definition) is 6. The Hall–Kier alpha value is -3.43. The summed E-state index contributed by atoms with van der Waals surface area (Å²) >= 11 is 0. The molecular weight excluding hydrogens is 370 g/mol. The van der Waals surface area contributed by atoms with Gasteiger partial charge < -0.3 is 11.5 Å². The highest BCUT2D eigenvalue weighted by atomic mass is 32.2. The molecule has 9 heteroatoms. The largest absolute Gasteiger partial charge is 0.399 e. The smallest absolute Gasteiger partial charge is 0.294 e. The fourth-order valence-electron chi connectivity index (χ4n) is 3.23. The fraction of sp³-hybridized carbons (Fsp3) is 0. The molecule has 0 atom stereocenters. The molecule has 0 saturated carbocycles. The maximum atomic E-state index is 13.0. The van der Waals surface area contributed by atoms with Gasteiger partial charge >= 0.3 is 0 Å². The van der Waals surface area contributed by atoms with E-state index >= 15 is 0 Å². The zero-order chi connectivity index (χ0) is 19.5. The number of nitrogens with zero attached hydrogens (tertiary/aromatic N) is 1. The molecule has 8 nitrogen and oxygen atoms in total. The number of amides is 2. The third kappa shape index (κ3) is 2.60. The van der Waals surface area contributed by atoms with Crippen LogP contribution in [-0.2, 0) is 10.1 Å². The topological polar surface area (TPSA) is 144 Å². The molecule has 0 unspecified atom stereocenters. The second-order valence-corrected chi connectivity index (χ2v) is 7.57. The first-order valence-corrected chi connectivity index (χ1v) is 9.20. The predicted octanol–water partition coefficient (Wildman–Crippen LogP) is 2.05. The Morgan fingerprint density at radius 2 is 1.30 bits per heavy atom. The van der Waals surface area contributed by atoms with Crippen LogP contribution in [0.25, 0.3) is 10.8 Å². The van der Waals surface area contributed by atoms with Crippen LogP contribution in [0.4, 0.5) is 17.1 Å². The molecule has 3 aromatic rings. The van der Waals surface area contributed by atoms with Gasteiger partial charge in [-0.05, 0) is 53.9 Å². The summed E-state index contributed by atoms with van der Waals surface area (Å²) in [5, 5.41) is 1.06. The van der Waals surface area contributed by atoms with Gasteiger partial charge in [0.05, 0.1) is 21.7 Å². The van der Waals surface area contributed by atoms with Crippen LogP contribution in [0.3, 0.4) is 0 Å². The monoisotopic (exact) mass is 383 g/mol. The molecule has 0 bridgehead atoms. The van der Waals surface area contributed by atoms with Crippen molar-refractivity contribution in [3.8, 4) is 0 Å². The number of anilines is 3. The van der Waals surface area contributed by atoms with Gasteiger partial charge in [0.15, 0.2) is 0 Å². The quantitative estimate of drug-likeness (QED) is 0.349. The van der Waals surface area contributed by atoms with Crippen molar-refractivity contribution in [2.45, 2.75) is 4.90 Å². The van der Waals surface area contributed by atoms with Gasteiger partial charge in [-0.3, -0.25) is 14.1 Å². The zero-order valence-corrected chi connectivity index (χ0v) is 14.5. The average molecular weight is 383 g/mol. The highest BCUT2D eigenvalue weighted by Crippen LogP contribution is 2.36. The number of carbonyl (C=O) groups is 2. The molecule has 0 radical (unpaired) electrons. The van der Waals surface area contributed by atoms with Crippen LogP contribution in [0.5, 0.6) is 0 Å². The lowest BCUT2D eigenvalue weighted by atomic mass is 9.92. The molecule has 0 aromatic heterocycles. The van der Waals surface area contributed by atoms with Crippen molar-refractivity contribution in [2.24, 2.45) is 0 Å². The first-order valence-electron chi connectivity index (χ1n) is 7.76. The van der Waals surface area contributed by atoms with Gasteiger partial charge in [-0.15, -0.1) is 0 Å². The number of nitrogens with two attached hydrogens (primary N) is 2. The fourth-order valence-corrected chi connectivity index (χ4v) is 3.71. The van der Waals surface area contributed by atoms with E-state index < -0.39 is 21.9 Å². The minimum Gasteiger partial charge on any atom is -0.399 e. The summed E-state index contributed by atoms with van der Waals surface area (Å²) in [5.74, 6) is -1.18. The summed E-state index contributed by atoms with van der Waals surface area (Å²) in [7, 11) is -4.39. The summed E-state index contributed by atoms with van der Waals surface area (Å²) in [6, 6.07) is 11.0. The Labute approximate surface area is 153 Å². The minimum atomic E-state index is -4.39. The Balaban J connectivity index is 1.93. The van der Waals surface area contributed by atoms with Crippen LogP contribution in [-0.4, -0.2) is 24.8 Å². The van der Waals surface area contributed by atoms with Crippen molar-refractivity contribution in [3.63, 3.8) is 0 Å². The van der Waals surface area contributed by atoms with Gasteiger partial charge in [-0.25, -0.2) is 4.90 Å². The minimum absolute atomic E-state index is 0.154. The van der Waals surface area contributed by atoms with E-state index in [1.165, 1.54) is 24.3 Å². The summed E-state index contributed by atoms with van der Waals surface area (Å²) in [6.45, 7) is 0. The van der Waals surface area contributed by atoms with E-state index in [0.29, 0.717) is 22.1 Å². The molecular formula is C18H13N3O5S. The summed E-state index contributed by atoms with van der Waals surface area (Å²) in [6.07, 6.45) is 0. The maximum absolute atomic E-state index is 13.0. The predicted molar refractivity (Wildman–Crippen MR) is 100 cm³/mol. The number of rotatable bonds is 2. The van der Waals surface area contributed by atoms with Gasteiger partial charge in [0.1, 0.15) is 0 Å². The Morgan fingerprint density at radius 3 is 1.74 bits per heavy atom. The molecule has 1 heterocycles. The molecule has 5 N–H and O–H groups in total. The van der Waals surface area contributed by atoms with Crippen molar-refractivity contribution >= 4 is 49.8 Å². The van der Waals surface area contributed by atoms with Crippen molar-refractivity contribution in [2.75, 3.05) is 16.4 Å². The molecule has 1 aliphatic heterocycles. The molecule has 2 amide bonds. The summed E-state index contributed by atoms with van der Waals surface area (Å²) < 4.78 is 31.5. The lowest BCUT2D eigenvalue weighted by Crippen LogP contribution is -2.40. The second kappa shape index (κ2) is 5.53. The Kier molecular flexibility index (Phi) is 3.48. The summed E-state index contributed by atoms with van der Waals surface area (Å²) in [4.78, 5) is 26.5. The van der Waals surface area contributed by atoms with E-state index in [0.717, 1.165) is 17.0 Å². The van der Waals surface area contributed by atoms with Crippen molar-refractivity contribution in [1.29, 1.82) is 0 Å². The van der Waals surface area contributed by atoms with E-state index in [9.17, 15) is 18.0 Å². The molecule has 136 valence electrons. The molecule has 0 spiro atoms. The van der Waals surface area contributed by atoms with Crippen LogP contribution in [0.2, 0.25) is 0 Å². The number of imide groups is 1. The highest BCUT2D eigenvalue weighted by Gasteiger charge is 2.34. The zero-order valence-electron chi connectivity index (χ0n) is 13.7. The third-order valence-electron chi connectivity index (χ3n) is 4.35. The van der Waals surface area contributed by atoms with E-state index in [2.05, 4.69) is 0 Å². The van der Waals surface area contributed by atoms with Crippen LogP contribution in [0.15, 0.2) is 53.4 Å². The van der Waals surface area contributed by atoms with Gasteiger partial charge in [-0.1, -0.05) is 0 Å². The number of hydrogen-bond donors (Lipinski definition) is 3. The molecule has 27 heavy (non-hydrogen) atoms. The van der Waals surface area contributed by atoms with Crippen LogP contribution in [0.1, 0.15) is 20.7 Å². The van der Waals surface area contributed by atoms with Crippen LogP contribution < -0.4 is 16.4 Å². The highest BCUT2D eigenvalue weighted by molar-refractivity contribution is 7.85. The van der Waals surface area contributed by atoms with Crippen LogP contribution >= 0.6 is 0 Å². The molecule has 4 rings (SSSR count). The van der Waals surface area contributed by atoms with Gasteiger partial charge in [0.2, 0.25) is 0 Å². The number of nitrogen functional groups attached to an aromatic ring is 2. The normalized spacial score (nSPS) is 14.0. The van der Waals surface area contributed by atoms with Crippen molar-refractivity contribution in [1.82, 2.24) is 0 Å². The molecule has 1 aliphatic rings. The van der Waals surface area contributed by atoms with Crippen molar-refractivity contribution < 1.29 is 22.6 Å². The number of carbonyl (C=O) groups excluding carboxylic acids is 2. The number of benzene rings is 3. The lowest BCUT2D eigenvalue weighted by molar-refractivity contribution is 0.0893. The second-order valence-electron chi connectivity index (χ2n) is 6.15. The van der Waals surface area contributed by atoms with Gasteiger partial charge in [0, 0.05) is 16.8 Å². The van der Waals surface area contributed by atoms with Gasteiger partial charge in [-0.2, -0.15) is 8.42 Å². The van der Waals surface area contributed by atoms with E-state index in [1.807, 2.05) is 0 Å². The first-order chi connectivity index (χ1) is 12.7. The molecule has 0 saturated heterocycles. The molecule has 3 aromatic carbocycles. The molecule has 0 aliphatic carbocycles. The van der Waals surface area contributed by atoms with Crippen molar-refractivity contribution in [3.05, 3.63) is 59.7 Å². The Morgan fingerprint density at radius 1 is 0.815 bits per heavy atom.